The van der Waals surface area contributed by atoms with Gasteiger partial charge in [-0.05, 0) is 36.4 Å². The van der Waals surface area contributed by atoms with Crippen LogP contribution >= 0.6 is 11.6 Å². The molecule has 0 amide bonds. The molecule has 0 unspecified atom stereocenters. The number of nitrogens with two attached hydrogens (primary N) is 1. The molecule has 2 aromatic heterocycles. The first-order valence-electron chi connectivity index (χ1n) is 6.24. The number of aromatic nitrogens is 2. The molecule has 1 aromatic carbocycles. The van der Waals surface area contributed by atoms with Crippen LogP contribution in [-0.4, -0.2) is 15.6 Å². The van der Waals surface area contributed by atoms with Gasteiger partial charge in [0, 0.05) is 5.02 Å². The van der Waals surface area contributed by atoms with Crippen molar-refractivity contribution in [2.24, 2.45) is 0 Å². The monoisotopic (exact) mass is 312 g/mol. The molecular weight excluding hydrogens is 304 g/mol. The lowest BCUT2D eigenvalue weighted by Crippen LogP contribution is -2.04. The Morgan fingerprint density at radius 3 is 2.64 bits per heavy atom. The van der Waals surface area contributed by atoms with Crippen LogP contribution in [0.4, 0.5) is 5.82 Å². The van der Waals surface area contributed by atoms with Gasteiger partial charge in [0.05, 0.1) is 12.0 Å². The van der Waals surface area contributed by atoms with Crippen LogP contribution in [0.1, 0.15) is 21.8 Å². The van der Waals surface area contributed by atoms with Crippen LogP contribution in [0.2, 0.25) is 5.02 Å². The van der Waals surface area contributed by atoms with Crippen LogP contribution in [0.5, 0.6) is 0 Å². The molecule has 0 aliphatic carbocycles. The molecule has 2 N–H and O–H groups in total. The second kappa shape index (κ2) is 5.39. The number of halogens is 1. The van der Waals surface area contributed by atoms with Gasteiger partial charge in [-0.3, -0.25) is 4.79 Å². The summed E-state index contributed by atoms with van der Waals surface area (Å²) in [4.78, 5) is 12.3. The van der Waals surface area contributed by atoms with Crippen molar-refractivity contribution in [2.45, 2.75) is 0 Å². The predicted octanol–water partition coefficient (Wildman–Crippen LogP) is 2.80. The van der Waals surface area contributed by atoms with E-state index >= 15 is 0 Å². The van der Waals surface area contributed by atoms with Gasteiger partial charge < -0.3 is 10.2 Å². The smallest absolute Gasteiger partial charge is 0.249 e. The van der Waals surface area contributed by atoms with Gasteiger partial charge in [-0.25, -0.2) is 4.68 Å². The lowest BCUT2D eigenvalue weighted by molar-refractivity contribution is 0.100. The van der Waals surface area contributed by atoms with Gasteiger partial charge in [0.1, 0.15) is 17.5 Å². The Morgan fingerprint density at radius 1 is 1.32 bits per heavy atom. The molecular formula is C15H9ClN4O2. The SMILES string of the molecule is N#Cc1c(C(=O)c2ccco2)nn(-c2ccc(Cl)cc2)c1N. The summed E-state index contributed by atoms with van der Waals surface area (Å²) in [7, 11) is 0. The largest absolute Gasteiger partial charge is 0.461 e. The van der Waals surface area contributed by atoms with E-state index in [0.29, 0.717) is 10.7 Å². The molecule has 0 atom stereocenters. The highest BCUT2D eigenvalue weighted by atomic mass is 35.5. The Kier molecular flexibility index (Phi) is 3.41. The van der Waals surface area contributed by atoms with E-state index in [-0.39, 0.29) is 22.8 Å². The van der Waals surface area contributed by atoms with Gasteiger partial charge in [0.2, 0.25) is 5.78 Å². The van der Waals surface area contributed by atoms with E-state index in [1.807, 2.05) is 6.07 Å². The number of furan rings is 1. The normalized spacial score (nSPS) is 10.4. The van der Waals surface area contributed by atoms with E-state index in [1.54, 1.807) is 30.3 Å². The van der Waals surface area contributed by atoms with Gasteiger partial charge in [0.15, 0.2) is 11.5 Å². The topological polar surface area (TPSA) is 97.8 Å². The molecule has 0 fully saturated rings. The quantitative estimate of drug-likeness (QED) is 0.750. The van der Waals surface area contributed by atoms with Crippen molar-refractivity contribution in [2.75, 3.05) is 5.73 Å². The lowest BCUT2D eigenvalue weighted by Gasteiger charge is -2.03. The average Bonchev–Trinajstić information content (AvgIpc) is 3.15. The van der Waals surface area contributed by atoms with Crippen molar-refractivity contribution in [1.82, 2.24) is 9.78 Å². The molecule has 0 bridgehead atoms. The summed E-state index contributed by atoms with van der Waals surface area (Å²) in [6.45, 7) is 0. The van der Waals surface area contributed by atoms with Crippen LogP contribution < -0.4 is 5.73 Å². The molecule has 6 nitrogen and oxygen atoms in total. The van der Waals surface area contributed by atoms with Crippen LogP contribution in [-0.2, 0) is 0 Å². The standard InChI is InChI=1S/C15H9ClN4O2/c16-9-3-5-10(6-4-9)20-15(18)11(8-17)13(19-20)14(21)12-2-1-7-22-12/h1-7H,18H2. The number of ketones is 1. The number of carbonyl (C=O) groups is 1. The third kappa shape index (κ3) is 2.24. The zero-order valence-corrected chi connectivity index (χ0v) is 11.9. The second-order valence-electron chi connectivity index (χ2n) is 4.42. The number of nitriles is 1. The van der Waals surface area contributed by atoms with Crippen LogP contribution in [0.15, 0.2) is 47.1 Å². The fourth-order valence-electron chi connectivity index (χ4n) is 2.00. The highest BCUT2D eigenvalue weighted by molar-refractivity contribution is 6.30. The van der Waals surface area contributed by atoms with Gasteiger partial charge in [-0.15, -0.1) is 0 Å². The zero-order chi connectivity index (χ0) is 15.7. The Hall–Kier alpha value is -3.04. The number of hydrogen-bond acceptors (Lipinski definition) is 5. The Balaban J connectivity index is 2.13. The van der Waals surface area contributed by atoms with Crippen molar-refractivity contribution in [3.8, 4) is 11.8 Å². The fraction of sp³-hybridized carbons (Fsp3) is 0. The summed E-state index contributed by atoms with van der Waals surface area (Å²) in [6.07, 6.45) is 1.37. The van der Waals surface area contributed by atoms with E-state index in [2.05, 4.69) is 5.10 Å². The molecule has 0 saturated carbocycles. The van der Waals surface area contributed by atoms with E-state index in [0.717, 1.165) is 0 Å². The van der Waals surface area contributed by atoms with Gasteiger partial charge in [-0.1, -0.05) is 11.6 Å². The average molecular weight is 313 g/mol. The highest BCUT2D eigenvalue weighted by Gasteiger charge is 2.24. The minimum Gasteiger partial charge on any atom is -0.461 e. The Bertz CT molecular complexity index is 874. The van der Waals surface area contributed by atoms with Crippen molar-refractivity contribution < 1.29 is 9.21 Å². The molecule has 0 saturated heterocycles. The van der Waals surface area contributed by atoms with Crippen LogP contribution in [0.3, 0.4) is 0 Å². The summed E-state index contributed by atoms with van der Waals surface area (Å²) in [5.41, 5.74) is 6.49. The maximum absolute atomic E-state index is 12.3. The fourth-order valence-corrected chi connectivity index (χ4v) is 2.13. The van der Waals surface area contributed by atoms with Crippen LogP contribution in [0, 0.1) is 11.3 Å². The maximum Gasteiger partial charge on any atom is 0.249 e. The highest BCUT2D eigenvalue weighted by Crippen LogP contribution is 2.23. The van der Waals surface area contributed by atoms with Crippen molar-refractivity contribution in [1.29, 1.82) is 5.26 Å². The van der Waals surface area contributed by atoms with E-state index in [9.17, 15) is 10.1 Å². The Morgan fingerprint density at radius 2 is 2.05 bits per heavy atom. The number of nitrogens with zero attached hydrogens (tertiary/aromatic N) is 3. The molecule has 22 heavy (non-hydrogen) atoms. The van der Waals surface area contributed by atoms with Crippen LogP contribution in [0.25, 0.3) is 5.69 Å². The second-order valence-corrected chi connectivity index (χ2v) is 4.85. The molecule has 0 spiro atoms. The molecule has 0 aliphatic rings. The minimum absolute atomic E-state index is 0.0105. The van der Waals surface area contributed by atoms with E-state index in [1.165, 1.54) is 17.0 Å². The molecule has 3 aromatic rings. The molecule has 0 radical (unpaired) electrons. The first kappa shape index (κ1) is 13.9. The summed E-state index contributed by atoms with van der Waals surface area (Å²) in [5.74, 6) is -0.321. The number of benzene rings is 1. The van der Waals surface area contributed by atoms with Crippen molar-refractivity contribution in [3.63, 3.8) is 0 Å². The molecule has 2 heterocycles. The molecule has 108 valence electrons. The van der Waals surface area contributed by atoms with Gasteiger partial charge in [-0.2, -0.15) is 10.4 Å². The molecule has 7 heteroatoms. The lowest BCUT2D eigenvalue weighted by atomic mass is 10.1. The summed E-state index contributed by atoms with van der Waals surface area (Å²) < 4.78 is 6.38. The van der Waals surface area contributed by atoms with Crippen molar-refractivity contribution >= 4 is 23.2 Å². The van der Waals surface area contributed by atoms with E-state index < -0.39 is 5.78 Å². The molecule has 3 rings (SSSR count). The zero-order valence-electron chi connectivity index (χ0n) is 11.2. The maximum atomic E-state index is 12.3. The van der Waals surface area contributed by atoms with Gasteiger partial charge >= 0.3 is 0 Å². The first-order chi connectivity index (χ1) is 10.6. The van der Waals surface area contributed by atoms with Crippen molar-refractivity contribution in [3.05, 3.63) is 64.7 Å². The third-order valence-electron chi connectivity index (χ3n) is 3.06. The summed E-state index contributed by atoms with van der Waals surface area (Å²) in [6, 6.07) is 11.7. The predicted molar refractivity (Wildman–Crippen MR) is 79.8 cm³/mol. The summed E-state index contributed by atoms with van der Waals surface area (Å²) >= 11 is 5.84. The third-order valence-corrected chi connectivity index (χ3v) is 3.32. The minimum atomic E-state index is -0.499. The Labute approximate surface area is 130 Å². The molecule has 0 aliphatic heterocycles. The number of nitrogen functional groups attached to an aromatic ring is 1. The van der Waals surface area contributed by atoms with E-state index in [4.69, 9.17) is 21.8 Å². The first-order valence-corrected chi connectivity index (χ1v) is 6.62. The number of anilines is 1. The number of carbonyl (C=O) groups excluding carboxylic acids is 1. The van der Waals surface area contributed by atoms with Gasteiger partial charge in [0.25, 0.3) is 0 Å². The summed E-state index contributed by atoms with van der Waals surface area (Å²) in [5, 5.41) is 14.0. The number of rotatable bonds is 3. The number of hydrogen-bond donors (Lipinski definition) is 1.